The highest BCUT2D eigenvalue weighted by Crippen LogP contribution is 2.56. The van der Waals surface area contributed by atoms with Gasteiger partial charge in [-0.1, -0.05) is 220 Å². The van der Waals surface area contributed by atoms with E-state index in [9.17, 15) is 0 Å². The summed E-state index contributed by atoms with van der Waals surface area (Å²) in [4.78, 5) is 2.51. The first-order chi connectivity index (χ1) is 31.4. The van der Waals surface area contributed by atoms with Crippen LogP contribution >= 0.6 is 0 Å². The molecule has 0 saturated heterocycles. The Kier molecular flexibility index (Phi) is 8.71. The second-order valence-corrected chi connectivity index (χ2v) is 18.1. The molecule has 2 aliphatic carbocycles. The van der Waals surface area contributed by atoms with Crippen molar-refractivity contribution in [2.24, 2.45) is 0 Å². The smallest absolute Gasteiger partial charge is 0.0618 e. The molecule has 0 aromatic heterocycles. The lowest BCUT2D eigenvalue weighted by Gasteiger charge is -2.32. The van der Waals surface area contributed by atoms with Gasteiger partial charge in [0.1, 0.15) is 0 Å². The molecule has 12 rings (SSSR count). The molecule has 0 aliphatic heterocycles. The third kappa shape index (κ3) is 5.70. The third-order valence-corrected chi connectivity index (χ3v) is 14.3. The first-order valence-electron chi connectivity index (χ1n) is 22.5. The molecule has 2 aliphatic rings. The molecule has 0 fully saturated rings. The van der Waals surface area contributed by atoms with E-state index < -0.39 is 0 Å². The van der Waals surface area contributed by atoms with E-state index in [1.165, 1.54) is 94.2 Å². The van der Waals surface area contributed by atoms with Crippen LogP contribution in [0.4, 0.5) is 17.1 Å². The predicted octanol–water partition coefficient (Wildman–Crippen LogP) is 17.0. The Morgan fingerprint density at radius 1 is 0.328 bits per heavy atom. The highest BCUT2D eigenvalue weighted by Gasteiger charge is 2.41. The molecule has 304 valence electrons. The molecule has 10 aromatic rings. The standard InChI is InChI=1S/C63H47N/c1-62(2)57-31-16-14-28-53(57)56-30-18-29-55(60(56)62)51-26-13-12-24-48(51)44-33-36-46(37-34-44)64(61-49-25-11-10-21-43(49)35-39-50(61)42-19-6-4-7-20-42)47-38-40-54-52-27-15-17-32-58(52)63(3,59(54)41-47)45-22-8-5-9-23-45/h4-41H,1-3H3. The van der Waals surface area contributed by atoms with Crippen LogP contribution in [0.2, 0.25) is 0 Å². The summed E-state index contributed by atoms with van der Waals surface area (Å²) in [7, 11) is 0. The lowest BCUT2D eigenvalue weighted by molar-refractivity contribution is 0.662. The molecule has 0 amide bonds. The van der Waals surface area contributed by atoms with E-state index in [0.29, 0.717) is 0 Å². The minimum atomic E-state index is -0.336. The zero-order valence-corrected chi connectivity index (χ0v) is 36.4. The SMILES string of the molecule is CC1(C)c2ccccc2-c2cccc(-c3ccccc3-c3ccc(N(c4ccc5c(c4)C(C)(c4ccccc4)c4ccccc4-5)c4c(-c5ccccc5)ccc5ccccc45)cc3)c21. The average molecular weight is 818 g/mol. The van der Waals surface area contributed by atoms with Crippen LogP contribution in [-0.2, 0) is 10.8 Å². The van der Waals surface area contributed by atoms with Gasteiger partial charge in [-0.2, -0.15) is 0 Å². The molecule has 1 unspecified atom stereocenters. The number of hydrogen-bond donors (Lipinski definition) is 0. The van der Waals surface area contributed by atoms with Crippen molar-refractivity contribution in [3.05, 3.63) is 258 Å². The third-order valence-electron chi connectivity index (χ3n) is 14.3. The van der Waals surface area contributed by atoms with E-state index in [1.54, 1.807) is 0 Å². The fourth-order valence-electron chi connectivity index (χ4n) is 11.3. The zero-order chi connectivity index (χ0) is 43.0. The summed E-state index contributed by atoms with van der Waals surface area (Å²) in [6, 6.07) is 85.5. The van der Waals surface area contributed by atoms with Crippen molar-refractivity contribution in [2.75, 3.05) is 4.90 Å². The summed E-state index contributed by atoms with van der Waals surface area (Å²) >= 11 is 0. The minimum Gasteiger partial charge on any atom is -0.309 e. The predicted molar refractivity (Wildman–Crippen MR) is 270 cm³/mol. The van der Waals surface area contributed by atoms with Crippen LogP contribution in [0.15, 0.2) is 231 Å². The van der Waals surface area contributed by atoms with E-state index in [1.807, 2.05) is 0 Å². The Bertz CT molecular complexity index is 3410. The Hall–Kier alpha value is -7.74. The Morgan fingerprint density at radius 2 is 0.844 bits per heavy atom. The Labute approximate surface area is 376 Å². The van der Waals surface area contributed by atoms with Crippen molar-refractivity contribution >= 4 is 27.8 Å². The fraction of sp³-hybridized carbons (Fsp3) is 0.0794. The lowest BCUT2D eigenvalue weighted by atomic mass is 9.74. The van der Waals surface area contributed by atoms with E-state index in [4.69, 9.17) is 0 Å². The minimum absolute atomic E-state index is 0.122. The molecule has 1 atom stereocenters. The summed E-state index contributed by atoms with van der Waals surface area (Å²) in [5.41, 5.74) is 22.3. The van der Waals surface area contributed by atoms with Crippen LogP contribution < -0.4 is 4.90 Å². The van der Waals surface area contributed by atoms with Crippen molar-refractivity contribution in [2.45, 2.75) is 31.6 Å². The van der Waals surface area contributed by atoms with Crippen molar-refractivity contribution in [3.63, 3.8) is 0 Å². The van der Waals surface area contributed by atoms with Gasteiger partial charge in [0.2, 0.25) is 0 Å². The van der Waals surface area contributed by atoms with Gasteiger partial charge in [0, 0.05) is 33.2 Å². The maximum Gasteiger partial charge on any atom is 0.0618 e. The highest BCUT2D eigenvalue weighted by molar-refractivity contribution is 6.06. The van der Waals surface area contributed by atoms with Crippen LogP contribution in [0.3, 0.4) is 0 Å². The van der Waals surface area contributed by atoms with Crippen LogP contribution in [-0.4, -0.2) is 0 Å². The number of hydrogen-bond acceptors (Lipinski definition) is 1. The maximum atomic E-state index is 2.51. The van der Waals surface area contributed by atoms with Gasteiger partial charge < -0.3 is 4.90 Å². The van der Waals surface area contributed by atoms with Crippen molar-refractivity contribution in [1.82, 2.24) is 0 Å². The molecule has 1 heteroatoms. The zero-order valence-electron chi connectivity index (χ0n) is 36.4. The molecular formula is C63H47N. The number of anilines is 3. The van der Waals surface area contributed by atoms with Gasteiger partial charge in [0.15, 0.2) is 0 Å². The van der Waals surface area contributed by atoms with Gasteiger partial charge in [-0.3, -0.25) is 0 Å². The molecular weight excluding hydrogens is 771 g/mol. The number of fused-ring (bicyclic) bond motifs is 7. The number of rotatable bonds is 7. The van der Waals surface area contributed by atoms with Crippen molar-refractivity contribution in [3.8, 4) is 55.6 Å². The van der Waals surface area contributed by atoms with Crippen LogP contribution in [0.5, 0.6) is 0 Å². The largest absolute Gasteiger partial charge is 0.309 e. The molecule has 1 nitrogen and oxygen atoms in total. The highest BCUT2D eigenvalue weighted by atomic mass is 15.1. The lowest BCUT2D eigenvalue weighted by Crippen LogP contribution is -2.23. The summed E-state index contributed by atoms with van der Waals surface area (Å²) in [5.74, 6) is 0. The summed E-state index contributed by atoms with van der Waals surface area (Å²) < 4.78 is 0. The van der Waals surface area contributed by atoms with Gasteiger partial charge in [-0.25, -0.2) is 0 Å². The molecule has 0 heterocycles. The molecule has 0 radical (unpaired) electrons. The number of benzene rings is 10. The second-order valence-electron chi connectivity index (χ2n) is 18.1. The monoisotopic (exact) mass is 817 g/mol. The first-order valence-corrected chi connectivity index (χ1v) is 22.5. The van der Waals surface area contributed by atoms with Gasteiger partial charge in [0.25, 0.3) is 0 Å². The summed E-state index contributed by atoms with van der Waals surface area (Å²) in [5, 5.41) is 2.41. The number of nitrogens with zero attached hydrogens (tertiary/aromatic N) is 1. The molecule has 0 bridgehead atoms. The van der Waals surface area contributed by atoms with E-state index >= 15 is 0 Å². The molecule has 10 aromatic carbocycles. The quantitative estimate of drug-likeness (QED) is 0.155. The van der Waals surface area contributed by atoms with Crippen molar-refractivity contribution < 1.29 is 0 Å². The van der Waals surface area contributed by atoms with Crippen LogP contribution in [0.25, 0.3) is 66.4 Å². The molecule has 64 heavy (non-hydrogen) atoms. The maximum absolute atomic E-state index is 2.51. The Morgan fingerprint density at radius 3 is 1.59 bits per heavy atom. The van der Waals surface area contributed by atoms with Gasteiger partial charge in [0.05, 0.1) is 5.69 Å². The van der Waals surface area contributed by atoms with E-state index in [-0.39, 0.29) is 10.8 Å². The van der Waals surface area contributed by atoms with Gasteiger partial charge in [-0.05, 0) is 114 Å². The van der Waals surface area contributed by atoms with E-state index in [2.05, 4.69) is 256 Å². The fourth-order valence-corrected chi connectivity index (χ4v) is 11.3. The normalized spacial score (nSPS) is 15.3. The van der Waals surface area contributed by atoms with E-state index in [0.717, 1.165) is 17.1 Å². The second kappa shape index (κ2) is 14.7. The van der Waals surface area contributed by atoms with Gasteiger partial charge in [-0.15, -0.1) is 0 Å². The Balaban J connectivity index is 1.06. The summed E-state index contributed by atoms with van der Waals surface area (Å²) in [6.07, 6.45) is 0. The molecule has 0 saturated carbocycles. The molecule has 0 spiro atoms. The van der Waals surface area contributed by atoms with Crippen molar-refractivity contribution in [1.29, 1.82) is 0 Å². The summed E-state index contributed by atoms with van der Waals surface area (Å²) in [6.45, 7) is 7.16. The van der Waals surface area contributed by atoms with Gasteiger partial charge >= 0.3 is 0 Å². The van der Waals surface area contributed by atoms with Crippen LogP contribution in [0.1, 0.15) is 48.6 Å². The average Bonchev–Trinajstić information content (AvgIpc) is 3.76. The molecule has 0 N–H and O–H groups in total. The van der Waals surface area contributed by atoms with Crippen LogP contribution in [0, 0.1) is 0 Å². The topological polar surface area (TPSA) is 3.24 Å². The first kappa shape index (κ1) is 38.0.